The zero-order chi connectivity index (χ0) is 19.9. The standard InChI is InChI=1S/C19H17F2NO6/c20-19(21)28-14-5-2-12(3-6-14)18(24)27-11-17(23)22-13-4-7-15-16(10-13)26-9-1-8-25-15/h2-7,10,19H,1,8-9,11H2,(H,22,23). The highest BCUT2D eigenvalue weighted by atomic mass is 19.3. The van der Waals surface area contributed by atoms with Gasteiger partial charge in [0.1, 0.15) is 5.75 Å². The number of alkyl halides is 2. The van der Waals surface area contributed by atoms with E-state index in [1.54, 1.807) is 18.2 Å². The van der Waals surface area contributed by atoms with E-state index in [9.17, 15) is 18.4 Å². The molecule has 1 N–H and O–H groups in total. The first-order chi connectivity index (χ1) is 13.5. The third-order valence-electron chi connectivity index (χ3n) is 3.68. The maximum absolute atomic E-state index is 12.1. The van der Waals surface area contributed by atoms with Crippen LogP contribution in [0.2, 0.25) is 0 Å². The van der Waals surface area contributed by atoms with Gasteiger partial charge >= 0.3 is 12.6 Å². The fourth-order valence-electron chi connectivity index (χ4n) is 2.42. The minimum atomic E-state index is -2.95. The van der Waals surface area contributed by atoms with Gasteiger partial charge in [0.25, 0.3) is 5.91 Å². The van der Waals surface area contributed by atoms with Crippen molar-refractivity contribution in [3.8, 4) is 17.2 Å². The van der Waals surface area contributed by atoms with E-state index >= 15 is 0 Å². The summed E-state index contributed by atoms with van der Waals surface area (Å²) < 4.78 is 44.4. The Morgan fingerprint density at radius 2 is 1.75 bits per heavy atom. The number of carbonyl (C=O) groups excluding carboxylic acids is 2. The summed E-state index contributed by atoms with van der Waals surface area (Å²) in [6.07, 6.45) is 0.765. The molecule has 0 aliphatic carbocycles. The number of hydrogen-bond donors (Lipinski definition) is 1. The van der Waals surface area contributed by atoms with Gasteiger partial charge in [-0.2, -0.15) is 8.78 Å². The Balaban J connectivity index is 1.51. The van der Waals surface area contributed by atoms with E-state index in [0.717, 1.165) is 6.42 Å². The first-order valence-electron chi connectivity index (χ1n) is 8.43. The number of fused-ring (bicyclic) bond motifs is 1. The van der Waals surface area contributed by atoms with E-state index in [1.807, 2.05) is 0 Å². The lowest BCUT2D eigenvalue weighted by molar-refractivity contribution is -0.119. The van der Waals surface area contributed by atoms with Gasteiger partial charge in [0.2, 0.25) is 0 Å². The van der Waals surface area contributed by atoms with Gasteiger partial charge in [-0.15, -0.1) is 0 Å². The maximum Gasteiger partial charge on any atom is 0.387 e. The smallest absolute Gasteiger partial charge is 0.387 e. The van der Waals surface area contributed by atoms with Crippen LogP contribution in [0.25, 0.3) is 0 Å². The average molecular weight is 393 g/mol. The zero-order valence-electron chi connectivity index (χ0n) is 14.7. The molecule has 2 aromatic carbocycles. The Bertz CT molecular complexity index is 841. The maximum atomic E-state index is 12.1. The van der Waals surface area contributed by atoms with Crippen molar-refractivity contribution in [3.05, 3.63) is 48.0 Å². The summed E-state index contributed by atoms with van der Waals surface area (Å²) in [4.78, 5) is 23.9. The number of amides is 1. The fourth-order valence-corrected chi connectivity index (χ4v) is 2.42. The van der Waals surface area contributed by atoms with E-state index in [0.29, 0.717) is 30.4 Å². The van der Waals surface area contributed by atoms with E-state index < -0.39 is 25.1 Å². The number of esters is 1. The molecule has 0 saturated carbocycles. The lowest BCUT2D eigenvalue weighted by atomic mass is 10.2. The van der Waals surface area contributed by atoms with Gasteiger partial charge in [-0.25, -0.2) is 4.79 Å². The third kappa shape index (κ3) is 5.32. The SMILES string of the molecule is O=C(COC(=O)c1ccc(OC(F)F)cc1)Nc1ccc2c(c1)OCCCO2. The van der Waals surface area contributed by atoms with E-state index in [4.69, 9.17) is 14.2 Å². The molecular formula is C19H17F2NO6. The van der Waals surface area contributed by atoms with Gasteiger partial charge < -0.3 is 24.3 Å². The number of nitrogens with one attached hydrogen (secondary N) is 1. The second-order valence-corrected chi connectivity index (χ2v) is 5.74. The predicted octanol–water partition coefficient (Wildman–Crippen LogP) is 3.24. The molecule has 0 fully saturated rings. The molecule has 0 saturated heterocycles. The van der Waals surface area contributed by atoms with Crippen LogP contribution in [0.4, 0.5) is 14.5 Å². The van der Waals surface area contributed by atoms with Gasteiger partial charge in [-0.05, 0) is 36.4 Å². The summed E-state index contributed by atoms with van der Waals surface area (Å²) in [5.41, 5.74) is 0.573. The second kappa shape index (κ2) is 9.03. The minimum absolute atomic E-state index is 0.0845. The minimum Gasteiger partial charge on any atom is -0.490 e. The van der Waals surface area contributed by atoms with E-state index in [-0.39, 0.29) is 11.3 Å². The van der Waals surface area contributed by atoms with Crippen LogP contribution in [0.5, 0.6) is 17.2 Å². The summed E-state index contributed by atoms with van der Waals surface area (Å²) in [5, 5.41) is 2.59. The number of halogens is 2. The lowest BCUT2D eigenvalue weighted by Gasteiger charge is -2.11. The molecule has 7 nitrogen and oxygen atoms in total. The van der Waals surface area contributed by atoms with E-state index in [1.165, 1.54) is 24.3 Å². The molecule has 1 amide bonds. The van der Waals surface area contributed by atoms with Crippen LogP contribution in [0.15, 0.2) is 42.5 Å². The molecule has 2 aromatic rings. The zero-order valence-corrected chi connectivity index (χ0v) is 14.7. The second-order valence-electron chi connectivity index (χ2n) is 5.74. The highest BCUT2D eigenvalue weighted by Gasteiger charge is 2.14. The van der Waals surface area contributed by atoms with Gasteiger partial charge in [-0.3, -0.25) is 4.79 Å². The Hall–Kier alpha value is -3.36. The monoisotopic (exact) mass is 393 g/mol. The summed E-state index contributed by atoms with van der Waals surface area (Å²) in [5.74, 6) is -0.267. The van der Waals surface area contributed by atoms with Crippen molar-refractivity contribution < 1.29 is 37.3 Å². The summed E-state index contributed by atoms with van der Waals surface area (Å²) in [7, 11) is 0. The Kier molecular flexibility index (Phi) is 6.25. The molecule has 1 aliphatic rings. The molecule has 1 aliphatic heterocycles. The van der Waals surface area contributed by atoms with Crippen molar-refractivity contribution in [1.82, 2.24) is 0 Å². The molecule has 0 aromatic heterocycles. The van der Waals surface area contributed by atoms with Gasteiger partial charge in [-0.1, -0.05) is 0 Å². The highest BCUT2D eigenvalue weighted by Crippen LogP contribution is 2.32. The van der Waals surface area contributed by atoms with Crippen LogP contribution in [0, 0.1) is 0 Å². The number of carbonyl (C=O) groups is 2. The topological polar surface area (TPSA) is 83.1 Å². The molecular weight excluding hydrogens is 376 g/mol. The fraction of sp³-hybridized carbons (Fsp3) is 0.263. The summed E-state index contributed by atoms with van der Waals surface area (Å²) in [6, 6.07) is 9.91. The highest BCUT2D eigenvalue weighted by molar-refractivity contribution is 5.95. The quantitative estimate of drug-likeness (QED) is 0.759. The normalized spacial score (nSPS) is 12.8. The Labute approximate surface area is 159 Å². The van der Waals surface area contributed by atoms with Crippen molar-refractivity contribution >= 4 is 17.6 Å². The molecule has 0 unspecified atom stereocenters. The number of benzene rings is 2. The molecule has 0 spiro atoms. The number of hydrogen-bond acceptors (Lipinski definition) is 6. The summed E-state index contributed by atoms with van der Waals surface area (Å²) >= 11 is 0. The Morgan fingerprint density at radius 3 is 2.46 bits per heavy atom. The number of anilines is 1. The molecule has 3 rings (SSSR count). The molecule has 0 bridgehead atoms. The average Bonchev–Trinajstić information content (AvgIpc) is 2.91. The lowest BCUT2D eigenvalue weighted by Crippen LogP contribution is -2.21. The van der Waals surface area contributed by atoms with Gasteiger partial charge in [0.05, 0.1) is 18.8 Å². The van der Waals surface area contributed by atoms with Crippen molar-refractivity contribution in [2.75, 3.05) is 25.1 Å². The third-order valence-corrected chi connectivity index (χ3v) is 3.68. The summed E-state index contributed by atoms with van der Waals surface area (Å²) in [6.45, 7) is -2.39. The van der Waals surface area contributed by atoms with Crippen LogP contribution in [0.3, 0.4) is 0 Å². The molecule has 9 heteroatoms. The van der Waals surface area contributed by atoms with Crippen LogP contribution >= 0.6 is 0 Å². The van der Waals surface area contributed by atoms with Crippen LogP contribution in [-0.2, 0) is 9.53 Å². The van der Waals surface area contributed by atoms with Crippen molar-refractivity contribution in [3.63, 3.8) is 0 Å². The van der Waals surface area contributed by atoms with E-state index in [2.05, 4.69) is 10.1 Å². The molecule has 1 heterocycles. The van der Waals surface area contributed by atoms with Crippen molar-refractivity contribution in [2.45, 2.75) is 13.0 Å². The molecule has 0 atom stereocenters. The Morgan fingerprint density at radius 1 is 1.04 bits per heavy atom. The van der Waals surface area contributed by atoms with Crippen molar-refractivity contribution in [2.24, 2.45) is 0 Å². The van der Waals surface area contributed by atoms with Crippen LogP contribution < -0.4 is 19.5 Å². The first kappa shape index (κ1) is 19.4. The first-order valence-corrected chi connectivity index (χ1v) is 8.43. The molecule has 0 radical (unpaired) electrons. The molecule has 148 valence electrons. The van der Waals surface area contributed by atoms with Crippen molar-refractivity contribution in [1.29, 1.82) is 0 Å². The molecule has 28 heavy (non-hydrogen) atoms. The largest absolute Gasteiger partial charge is 0.490 e. The van der Waals surface area contributed by atoms with Gasteiger partial charge in [0.15, 0.2) is 18.1 Å². The van der Waals surface area contributed by atoms with Crippen LogP contribution in [-0.4, -0.2) is 38.3 Å². The number of rotatable bonds is 6. The number of ether oxygens (including phenoxy) is 4. The van der Waals surface area contributed by atoms with Crippen LogP contribution in [0.1, 0.15) is 16.8 Å². The van der Waals surface area contributed by atoms with Gasteiger partial charge in [0, 0.05) is 18.2 Å². The predicted molar refractivity (Wildman–Crippen MR) is 94.0 cm³/mol.